The summed E-state index contributed by atoms with van der Waals surface area (Å²) in [4.78, 5) is 5.51. The predicted octanol–water partition coefficient (Wildman–Crippen LogP) is 4.84. The Kier molecular flexibility index (Phi) is 5.56. The second kappa shape index (κ2) is 7.95. The third-order valence-corrected chi connectivity index (χ3v) is 5.95. The van der Waals surface area contributed by atoms with Crippen LogP contribution in [0.4, 0.5) is 32.2 Å². The average Bonchev–Trinajstić information content (AvgIpc) is 3.18. The van der Waals surface area contributed by atoms with Crippen molar-refractivity contribution in [3.05, 3.63) is 59.4 Å². The summed E-state index contributed by atoms with van der Waals surface area (Å²) in [7, 11) is 1.99. The maximum atomic E-state index is 13.4. The van der Waals surface area contributed by atoms with Crippen LogP contribution in [0.2, 0.25) is 0 Å². The molecule has 11 heteroatoms. The number of anilines is 1. The Bertz CT molecular complexity index is 1080. The molecule has 1 aliphatic rings. The molecule has 1 N–H and O–H groups in total. The lowest BCUT2D eigenvalue weighted by Gasteiger charge is -2.41. The molecule has 1 aromatic carbocycles. The van der Waals surface area contributed by atoms with Gasteiger partial charge >= 0.3 is 12.4 Å². The van der Waals surface area contributed by atoms with Gasteiger partial charge in [-0.3, -0.25) is 0 Å². The summed E-state index contributed by atoms with van der Waals surface area (Å²) in [6.45, 7) is 1.81. The molecule has 0 bridgehead atoms. The van der Waals surface area contributed by atoms with Crippen LogP contribution in [0.1, 0.15) is 29.8 Å². The predicted molar refractivity (Wildman–Crippen MR) is 106 cm³/mol. The first-order valence-electron chi connectivity index (χ1n) is 10.0. The van der Waals surface area contributed by atoms with Gasteiger partial charge in [0.15, 0.2) is 17.0 Å². The van der Waals surface area contributed by atoms with Gasteiger partial charge in [-0.1, -0.05) is 30.3 Å². The first kappa shape index (κ1) is 22.4. The van der Waals surface area contributed by atoms with Crippen molar-refractivity contribution >= 4 is 11.5 Å². The Labute approximate surface area is 180 Å². The molecule has 1 aliphatic heterocycles. The molecule has 0 spiro atoms. The Morgan fingerprint density at radius 1 is 0.938 bits per heavy atom. The van der Waals surface area contributed by atoms with Gasteiger partial charge in [-0.2, -0.15) is 36.0 Å². The number of rotatable bonds is 4. The van der Waals surface area contributed by atoms with E-state index < -0.39 is 29.4 Å². The third kappa shape index (κ3) is 4.38. The van der Waals surface area contributed by atoms with E-state index in [-0.39, 0.29) is 17.8 Å². The van der Waals surface area contributed by atoms with E-state index in [0.717, 1.165) is 36.0 Å². The molecule has 32 heavy (non-hydrogen) atoms. The van der Waals surface area contributed by atoms with E-state index in [0.29, 0.717) is 12.1 Å². The number of fused-ring (bicyclic) bond motifs is 1. The second-order valence-corrected chi connectivity index (χ2v) is 8.12. The van der Waals surface area contributed by atoms with Crippen molar-refractivity contribution in [2.45, 2.75) is 30.6 Å². The van der Waals surface area contributed by atoms with Gasteiger partial charge in [0.05, 0.1) is 0 Å². The Balaban J connectivity index is 1.74. The van der Waals surface area contributed by atoms with Crippen molar-refractivity contribution < 1.29 is 26.3 Å². The smallest absolute Gasteiger partial charge is 0.369 e. The van der Waals surface area contributed by atoms with E-state index in [9.17, 15) is 26.3 Å². The van der Waals surface area contributed by atoms with E-state index in [4.69, 9.17) is 0 Å². The number of aromatic nitrogens is 3. The number of hydrogen-bond donors (Lipinski definition) is 1. The maximum Gasteiger partial charge on any atom is 0.435 e. The van der Waals surface area contributed by atoms with Crippen molar-refractivity contribution in [1.29, 1.82) is 0 Å². The molecular formula is C21H21F6N5. The highest BCUT2D eigenvalue weighted by molar-refractivity contribution is 5.52. The first-order chi connectivity index (χ1) is 15.0. The quantitative estimate of drug-likeness (QED) is 0.570. The monoisotopic (exact) mass is 457 g/mol. The normalized spacial score (nSPS) is 17.6. The fourth-order valence-electron chi connectivity index (χ4n) is 4.05. The van der Waals surface area contributed by atoms with Crippen LogP contribution < -0.4 is 5.32 Å². The largest absolute Gasteiger partial charge is 0.435 e. The van der Waals surface area contributed by atoms with Crippen molar-refractivity contribution in [3.8, 4) is 0 Å². The highest BCUT2D eigenvalue weighted by atomic mass is 19.4. The van der Waals surface area contributed by atoms with E-state index in [1.807, 2.05) is 37.4 Å². The number of benzene rings is 1. The second-order valence-electron chi connectivity index (χ2n) is 8.12. The van der Waals surface area contributed by atoms with Crippen molar-refractivity contribution in [2.24, 2.45) is 0 Å². The number of hydrogen-bond acceptors (Lipinski definition) is 4. The van der Waals surface area contributed by atoms with Gasteiger partial charge in [0.1, 0.15) is 5.82 Å². The molecular weight excluding hydrogens is 436 g/mol. The number of piperidine rings is 1. The maximum absolute atomic E-state index is 13.4. The minimum atomic E-state index is -4.81. The lowest BCUT2D eigenvalue weighted by molar-refractivity contribution is -0.142. The van der Waals surface area contributed by atoms with Crippen molar-refractivity contribution in [2.75, 3.05) is 32.0 Å². The Morgan fingerprint density at radius 3 is 2.16 bits per heavy atom. The topological polar surface area (TPSA) is 45.5 Å². The number of likely N-dealkylation sites (tertiary alicyclic amines) is 1. The Hall–Kier alpha value is -2.82. The van der Waals surface area contributed by atoms with Gasteiger partial charge in [0.2, 0.25) is 0 Å². The summed E-state index contributed by atoms with van der Waals surface area (Å²) in [5, 5.41) is 6.43. The molecule has 0 saturated carbocycles. The molecule has 3 aromatic rings. The zero-order valence-electron chi connectivity index (χ0n) is 17.1. The molecule has 1 fully saturated rings. The summed E-state index contributed by atoms with van der Waals surface area (Å²) < 4.78 is 80.3. The van der Waals surface area contributed by atoms with Gasteiger partial charge < -0.3 is 10.2 Å². The zero-order valence-corrected chi connectivity index (χ0v) is 17.1. The number of nitrogens with zero attached hydrogens (tertiary/aromatic N) is 4. The van der Waals surface area contributed by atoms with Crippen LogP contribution in [0.3, 0.4) is 0 Å². The highest BCUT2D eigenvalue weighted by Gasteiger charge is 2.39. The van der Waals surface area contributed by atoms with Gasteiger partial charge in [0, 0.05) is 24.1 Å². The number of halogens is 6. The summed E-state index contributed by atoms with van der Waals surface area (Å²) in [6, 6.07) is 10.8. The molecule has 3 heterocycles. The van der Waals surface area contributed by atoms with Gasteiger partial charge in [-0.15, -0.1) is 0 Å². The summed E-state index contributed by atoms with van der Waals surface area (Å²) in [5.41, 5.74) is -2.46. The molecule has 2 aromatic heterocycles. The number of nitrogens with one attached hydrogen (secondary N) is 1. The Morgan fingerprint density at radius 2 is 1.56 bits per heavy atom. The SMILES string of the molecule is CN1CCC(CNc2cc(C(F)(F)F)nc3cc(C(F)(F)F)nn23)(c2ccccc2)CC1. The van der Waals surface area contributed by atoms with Crippen LogP contribution in [-0.2, 0) is 17.8 Å². The molecule has 0 aliphatic carbocycles. The van der Waals surface area contributed by atoms with Crippen molar-refractivity contribution in [3.63, 3.8) is 0 Å². The van der Waals surface area contributed by atoms with Crippen molar-refractivity contribution in [1.82, 2.24) is 19.5 Å². The minimum Gasteiger partial charge on any atom is -0.369 e. The summed E-state index contributed by atoms with van der Waals surface area (Å²) in [6.07, 6.45) is -8.13. The zero-order chi connectivity index (χ0) is 23.1. The third-order valence-electron chi connectivity index (χ3n) is 5.95. The highest BCUT2D eigenvalue weighted by Crippen LogP contribution is 2.37. The lowest BCUT2D eigenvalue weighted by atomic mass is 9.72. The fraction of sp³-hybridized carbons (Fsp3) is 0.429. The van der Waals surface area contributed by atoms with Crippen LogP contribution in [0, 0.1) is 0 Å². The molecule has 0 atom stereocenters. The van der Waals surface area contributed by atoms with Gasteiger partial charge in [-0.05, 0) is 38.5 Å². The first-order valence-corrected chi connectivity index (χ1v) is 10.0. The van der Waals surface area contributed by atoms with Gasteiger partial charge in [-0.25, -0.2) is 4.98 Å². The molecule has 0 unspecified atom stereocenters. The minimum absolute atomic E-state index is 0.188. The summed E-state index contributed by atoms with van der Waals surface area (Å²) >= 11 is 0. The molecule has 4 rings (SSSR count). The average molecular weight is 457 g/mol. The van der Waals surface area contributed by atoms with Crippen LogP contribution >= 0.6 is 0 Å². The summed E-state index contributed by atoms with van der Waals surface area (Å²) in [5.74, 6) is -0.188. The standard InChI is InChI=1S/C21H21F6N5/c1-31-9-7-19(8-10-31,14-5-3-2-4-6-14)13-28-17-11-15(20(22,23)24)29-18-12-16(21(25,26)27)30-32(17)18/h2-6,11-12,28H,7-10,13H2,1H3. The molecule has 1 saturated heterocycles. The molecule has 0 amide bonds. The molecule has 5 nitrogen and oxygen atoms in total. The van der Waals surface area contributed by atoms with E-state index in [2.05, 4.69) is 20.3 Å². The van der Waals surface area contributed by atoms with Gasteiger partial charge in [0.25, 0.3) is 0 Å². The van der Waals surface area contributed by atoms with Crippen LogP contribution in [0.15, 0.2) is 42.5 Å². The lowest BCUT2D eigenvalue weighted by Crippen LogP contribution is -2.45. The molecule has 172 valence electrons. The van der Waals surface area contributed by atoms with E-state index in [1.54, 1.807) is 0 Å². The molecule has 0 radical (unpaired) electrons. The van der Waals surface area contributed by atoms with E-state index >= 15 is 0 Å². The van der Waals surface area contributed by atoms with Crippen LogP contribution in [0.5, 0.6) is 0 Å². The fourth-order valence-corrected chi connectivity index (χ4v) is 4.05. The van der Waals surface area contributed by atoms with E-state index in [1.165, 1.54) is 0 Å². The number of alkyl halides is 6. The van der Waals surface area contributed by atoms with Crippen LogP contribution in [0.25, 0.3) is 5.65 Å². The van der Waals surface area contributed by atoms with Crippen LogP contribution in [-0.4, -0.2) is 46.2 Å².